The van der Waals surface area contributed by atoms with Crippen LogP contribution in [0.4, 0.5) is 8.78 Å². The van der Waals surface area contributed by atoms with Gasteiger partial charge in [-0.3, -0.25) is 9.67 Å². The number of aromatic nitrogens is 3. The van der Waals surface area contributed by atoms with Crippen LogP contribution in [0, 0.1) is 16.4 Å². The first-order valence-corrected chi connectivity index (χ1v) is 6.75. The number of aromatic amines is 1. The lowest BCUT2D eigenvalue weighted by atomic mass is 10.1. The average molecular weight is 348 g/mol. The van der Waals surface area contributed by atoms with Crippen LogP contribution in [-0.2, 0) is 5.54 Å². The molecule has 1 aromatic carbocycles. The fraction of sp³-hybridized carbons (Fsp3) is 0.333. The molecule has 1 aromatic heterocycles. The van der Waals surface area contributed by atoms with Crippen LogP contribution < -0.4 is 0 Å². The minimum Gasteiger partial charge on any atom is -0.295 e. The van der Waals surface area contributed by atoms with Gasteiger partial charge in [-0.1, -0.05) is 15.9 Å². The minimum atomic E-state index is -0.689. The van der Waals surface area contributed by atoms with Crippen molar-refractivity contribution in [2.45, 2.75) is 26.3 Å². The Morgan fingerprint density at radius 1 is 1.26 bits per heavy atom. The van der Waals surface area contributed by atoms with Gasteiger partial charge >= 0.3 is 0 Å². The fourth-order valence-corrected chi connectivity index (χ4v) is 2.65. The summed E-state index contributed by atoms with van der Waals surface area (Å²) in [6.07, 6.45) is 0. The topological polar surface area (TPSA) is 33.6 Å². The SMILES string of the molecule is CC(C)(C)n1c(-c2c(F)cc(Br)cc2F)n[nH]c1=S. The second kappa shape index (κ2) is 4.79. The first-order valence-electron chi connectivity index (χ1n) is 5.54. The number of hydrogen-bond donors (Lipinski definition) is 1. The van der Waals surface area contributed by atoms with Crippen LogP contribution in [0.15, 0.2) is 16.6 Å². The molecule has 0 radical (unpaired) electrons. The van der Waals surface area contributed by atoms with E-state index in [1.807, 2.05) is 20.8 Å². The molecule has 2 rings (SSSR count). The molecule has 0 aliphatic carbocycles. The molecule has 0 aliphatic rings. The molecule has 0 bridgehead atoms. The molecule has 0 amide bonds. The Morgan fingerprint density at radius 2 is 1.79 bits per heavy atom. The Hall–Kier alpha value is -1.08. The summed E-state index contributed by atoms with van der Waals surface area (Å²) < 4.78 is 30.3. The monoisotopic (exact) mass is 347 g/mol. The third-order valence-electron chi connectivity index (χ3n) is 2.57. The van der Waals surface area contributed by atoms with E-state index in [1.165, 1.54) is 12.1 Å². The van der Waals surface area contributed by atoms with Gasteiger partial charge in [0, 0.05) is 10.0 Å². The van der Waals surface area contributed by atoms with Crippen LogP contribution in [-0.4, -0.2) is 14.8 Å². The Balaban J connectivity index is 2.78. The second-order valence-electron chi connectivity index (χ2n) is 5.10. The molecule has 1 heterocycles. The van der Waals surface area contributed by atoms with Crippen LogP contribution in [0.25, 0.3) is 11.4 Å². The summed E-state index contributed by atoms with van der Waals surface area (Å²) >= 11 is 8.17. The van der Waals surface area contributed by atoms with Crippen molar-refractivity contribution in [2.75, 3.05) is 0 Å². The maximum Gasteiger partial charge on any atom is 0.195 e. The van der Waals surface area contributed by atoms with Gasteiger partial charge < -0.3 is 0 Å². The van der Waals surface area contributed by atoms with Crippen molar-refractivity contribution in [3.05, 3.63) is 33.0 Å². The van der Waals surface area contributed by atoms with E-state index in [1.54, 1.807) is 4.57 Å². The van der Waals surface area contributed by atoms with Crippen molar-refractivity contribution >= 4 is 28.1 Å². The predicted molar refractivity (Wildman–Crippen MR) is 75.5 cm³/mol. The van der Waals surface area contributed by atoms with E-state index in [0.29, 0.717) is 9.24 Å². The smallest absolute Gasteiger partial charge is 0.195 e. The summed E-state index contributed by atoms with van der Waals surface area (Å²) in [5.41, 5.74) is -0.628. The number of benzene rings is 1. The van der Waals surface area contributed by atoms with E-state index in [-0.39, 0.29) is 11.4 Å². The third-order valence-corrected chi connectivity index (χ3v) is 3.31. The van der Waals surface area contributed by atoms with Crippen LogP contribution in [0.2, 0.25) is 0 Å². The van der Waals surface area contributed by atoms with Gasteiger partial charge in [0.2, 0.25) is 0 Å². The lowest BCUT2D eigenvalue weighted by Crippen LogP contribution is -2.23. The van der Waals surface area contributed by atoms with Gasteiger partial charge in [0.05, 0.1) is 5.56 Å². The van der Waals surface area contributed by atoms with E-state index in [0.717, 1.165) is 0 Å². The summed E-state index contributed by atoms with van der Waals surface area (Å²) in [5.74, 6) is -1.22. The molecule has 0 spiro atoms. The third kappa shape index (κ3) is 2.62. The normalized spacial score (nSPS) is 11.9. The van der Waals surface area contributed by atoms with Crippen molar-refractivity contribution in [1.29, 1.82) is 0 Å². The molecular weight excluding hydrogens is 336 g/mol. The number of hydrogen-bond acceptors (Lipinski definition) is 2. The van der Waals surface area contributed by atoms with E-state index >= 15 is 0 Å². The molecule has 1 N–H and O–H groups in total. The van der Waals surface area contributed by atoms with Gasteiger partial charge in [0.1, 0.15) is 11.6 Å². The molecule has 0 unspecified atom stereocenters. The zero-order chi connectivity index (χ0) is 14.4. The highest BCUT2D eigenvalue weighted by Crippen LogP contribution is 2.30. The van der Waals surface area contributed by atoms with Crippen molar-refractivity contribution < 1.29 is 8.78 Å². The first kappa shape index (κ1) is 14.3. The van der Waals surface area contributed by atoms with Crippen LogP contribution >= 0.6 is 28.1 Å². The summed E-state index contributed by atoms with van der Waals surface area (Å²) in [6.45, 7) is 5.66. The van der Waals surface area contributed by atoms with E-state index in [9.17, 15) is 8.78 Å². The summed E-state index contributed by atoms with van der Waals surface area (Å²) in [6, 6.07) is 2.40. The van der Waals surface area contributed by atoms with Crippen molar-refractivity contribution in [3.63, 3.8) is 0 Å². The zero-order valence-corrected chi connectivity index (χ0v) is 13.0. The minimum absolute atomic E-state index is 0.153. The molecule has 0 aliphatic heterocycles. The van der Waals surface area contributed by atoms with E-state index in [4.69, 9.17) is 12.2 Å². The predicted octanol–water partition coefficient (Wildman–Crippen LogP) is 4.40. The zero-order valence-electron chi connectivity index (χ0n) is 10.6. The Morgan fingerprint density at radius 3 is 2.26 bits per heavy atom. The standard InChI is InChI=1S/C12H12BrF2N3S/c1-12(2,3)18-10(16-17-11(18)19)9-7(14)4-6(13)5-8(9)15/h4-5H,1-3H3,(H,17,19). The molecule has 0 saturated carbocycles. The number of nitrogens with zero attached hydrogens (tertiary/aromatic N) is 2. The molecule has 0 atom stereocenters. The van der Waals surface area contributed by atoms with Crippen molar-refractivity contribution in [3.8, 4) is 11.4 Å². The van der Waals surface area contributed by atoms with Gasteiger partial charge in [-0.15, -0.1) is 0 Å². The largest absolute Gasteiger partial charge is 0.295 e. The van der Waals surface area contributed by atoms with Crippen LogP contribution in [0.1, 0.15) is 20.8 Å². The Labute approximate surface area is 122 Å². The highest BCUT2D eigenvalue weighted by Gasteiger charge is 2.24. The van der Waals surface area contributed by atoms with E-state index < -0.39 is 17.2 Å². The molecule has 19 heavy (non-hydrogen) atoms. The summed E-state index contributed by atoms with van der Waals surface area (Å²) in [5, 5.41) is 6.54. The summed E-state index contributed by atoms with van der Waals surface area (Å²) in [7, 11) is 0. The number of halogens is 3. The second-order valence-corrected chi connectivity index (χ2v) is 6.41. The lowest BCUT2D eigenvalue weighted by molar-refractivity contribution is 0.394. The molecule has 0 fully saturated rings. The van der Waals surface area contributed by atoms with Gasteiger partial charge in [-0.25, -0.2) is 8.78 Å². The highest BCUT2D eigenvalue weighted by atomic mass is 79.9. The Kier molecular flexibility index (Phi) is 3.61. The molecule has 102 valence electrons. The van der Waals surface area contributed by atoms with Crippen molar-refractivity contribution in [1.82, 2.24) is 14.8 Å². The number of H-pyrrole nitrogens is 1. The number of nitrogens with one attached hydrogen (secondary N) is 1. The van der Waals surface area contributed by atoms with E-state index in [2.05, 4.69) is 26.1 Å². The number of rotatable bonds is 1. The fourth-order valence-electron chi connectivity index (χ4n) is 1.84. The van der Waals surface area contributed by atoms with Gasteiger partial charge in [0.25, 0.3) is 0 Å². The quantitative estimate of drug-likeness (QED) is 0.775. The first-order chi connectivity index (χ1) is 8.71. The maximum absolute atomic E-state index is 14.0. The highest BCUT2D eigenvalue weighted by molar-refractivity contribution is 9.10. The van der Waals surface area contributed by atoms with Gasteiger partial charge in [-0.2, -0.15) is 5.10 Å². The maximum atomic E-state index is 14.0. The van der Waals surface area contributed by atoms with Crippen molar-refractivity contribution in [2.24, 2.45) is 0 Å². The Bertz CT molecular complexity index is 662. The lowest BCUT2D eigenvalue weighted by Gasteiger charge is -2.22. The van der Waals surface area contributed by atoms with Crippen LogP contribution in [0.5, 0.6) is 0 Å². The molecular formula is C12H12BrF2N3S. The molecule has 7 heteroatoms. The van der Waals surface area contributed by atoms with Gasteiger partial charge in [0.15, 0.2) is 10.6 Å². The van der Waals surface area contributed by atoms with Crippen LogP contribution in [0.3, 0.4) is 0 Å². The molecule has 3 nitrogen and oxygen atoms in total. The van der Waals surface area contributed by atoms with Gasteiger partial charge in [-0.05, 0) is 45.1 Å². The molecule has 2 aromatic rings. The molecule has 0 saturated heterocycles. The average Bonchev–Trinajstić information content (AvgIpc) is 2.57. The summed E-state index contributed by atoms with van der Waals surface area (Å²) in [4.78, 5) is 0.